The monoisotopic (exact) mass is 327 g/mol. The molecule has 116 valence electrons. The van der Waals surface area contributed by atoms with Gasteiger partial charge in [-0.25, -0.2) is 4.98 Å². The van der Waals surface area contributed by atoms with Gasteiger partial charge in [0.25, 0.3) is 0 Å². The summed E-state index contributed by atoms with van der Waals surface area (Å²) in [6.07, 6.45) is 4.90. The first kappa shape index (κ1) is 15.1. The molecule has 3 rings (SSSR count). The predicted octanol–water partition coefficient (Wildman–Crippen LogP) is 3.65. The number of rotatable bonds is 4. The van der Waals surface area contributed by atoms with E-state index in [-0.39, 0.29) is 5.91 Å². The fraction of sp³-hybridized carbons (Fsp3) is 0.0588. The van der Waals surface area contributed by atoms with Crippen molar-refractivity contribution < 1.29 is 9.53 Å². The molecule has 1 aromatic carbocycles. The van der Waals surface area contributed by atoms with Crippen LogP contribution < -0.4 is 10.1 Å². The molecule has 1 N–H and O–H groups in total. The summed E-state index contributed by atoms with van der Waals surface area (Å²) in [5.41, 5.74) is 2.04. The average Bonchev–Trinajstić information content (AvgIpc) is 2.88. The summed E-state index contributed by atoms with van der Waals surface area (Å²) in [5.74, 6) is 0.414. The summed E-state index contributed by atoms with van der Waals surface area (Å²) in [4.78, 5) is 16.3. The van der Waals surface area contributed by atoms with E-state index in [1.165, 1.54) is 6.08 Å². The van der Waals surface area contributed by atoms with Crippen molar-refractivity contribution in [1.29, 1.82) is 0 Å². The Bertz CT molecular complexity index is 886. The smallest absolute Gasteiger partial charge is 0.248 e. The minimum atomic E-state index is -0.264. The Labute approximate surface area is 138 Å². The molecule has 2 aromatic heterocycles. The third kappa shape index (κ3) is 3.35. The van der Waals surface area contributed by atoms with E-state index in [0.29, 0.717) is 22.3 Å². The van der Waals surface area contributed by atoms with Gasteiger partial charge in [0.05, 0.1) is 12.8 Å². The van der Waals surface area contributed by atoms with Crippen LogP contribution in [0.5, 0.6) is 5.75 Å². The number of benzene rings is 1. The van der Waals surface area contributed by atoms with E-state index >= 15 is 0 Å². The van der Waals surface area contributed by atoms with Crippen molar-refractivity contribution in [3.8, 4) is 5.75 Å². The van der Waals surface area contributed by atoms with Gasteiger partial charge in [-0.3, -0.25) is 9.20 Å². The molecule has 5 nitrogen and oxygen atoms in total. The molecule has 0 fully saturated rings. The lowest BCUT2D eigenvalue weighted by Gasteiger charge is -2.04. The minimum absolute atomic E-state index is 0.264. The molecule has 0 aliphatic carbocycles. The summed E-state index contributed by atoms with van der Waals surface area (Å²) in [7, 11) is 1.58. The van der Waals surface area contributed by atoms with Crippen molar-refractivity contribution in [3.63, 3.8) is 0 Å². The van der Waals surface area contributed by atoms with Crippen molar-refractivity contribution in [2.75, 3.05) is 12.4 Å². The summed E-state index contributed by atoms with van der Waals surface area (Å²) in [6, 6.07) is 12.7. The van der Waals surface area contributed by atoms with Gasteiger partial charge in [-0.05, 0) is 30.3 Å². The Morgan fingerprint density at radius 1 is 1.30 bits per heavy atom. The van der Waals surface area contributed by atoms with Crippen molar-refractivity contribution in [3.05, 3.63) is 65.6 Å². The number of hydrogen-bond acceptors (Lipinski definition) is 3. The van der Waals surface area contributed by atoms with Crippen LogP contribution in [0.1, 0.15) is 5.69 Å². The van der Waals surface area contributed by atoms with Crippen LogP contribution in [0.4, 0.5) is 5.69 Å². The van der Waals surface area contributed by atoms with Gasteiger partial charge >= 0.3 is 0 Å². The number of methoxy groups -OCH3 is 1. The molecule has 0 aliphatic heterocycles. The van der Waals surface area contributed by atoms with Gasteiger partial charge in [0.15, 0.2) is 5.15 Å². The van der Waals surface area contributed by atoms with Crippen molar-refractivity contribution in [2.24, 2.45) is 0 Å². The SMILES string of the molecule is COc1cccc(NC(=O)C=Cc2c(Cl)nc3ccccn23)c1. The second kappa shape index (κ2) is 6.54. The molecule has 0 saturated heterocycles. The molecule has 1 amide bonds. The molecule has 0 aliphatic rings. The molecule has 23 heavy (non-hydrogen) atoms. The van der Waals surface area contributed by atoms with Gasteiger partial charge in [-0.2, -0.15) is 0 Å². The lowest BCUT2D eigenvalue weighted by atomic mass is 10.3. The predicted molar refractivity (Wildman–Crippen MR) is 90.9 cm³/mol. The molecular formula is C17H14ClN3O2. The van der Waals surface area contributed by atoms with E-state index in [0.717, 1.165) is 5.65 Å². The fourth-order valence-electron chi connectivity index (χ4n) is 2.17. The number of halogens is 1. The van der Waals surface area contributed by atoms with Crippen molar-refractivity contribution in [1.82, 2.24) is 9.38 Å². The average molecular weight is 328 g/mol. The number of hydrogen-bond donors (Lipinski definition) is 1. The van der Waals surface area contributed by atoms with Crippen LogP contribution in [0.25, 0.3) is 11.7 Å². The third-order valence-electron chi connectivity index (χ3n) is 3.25. The first-order valence-electron chi connectivity index (χ1n) is 6.93. The highest BCUT2D eigenvalue weighted by Gasteiger charge is 2.07. The van der Waals surface area contributed by atoms with E-state index in [1.807, 2.05) is 34.9 Å². The van der Waals surface area contributed by atoms with Crippen molar-refractivity contribution >= 4 is 34.9 Å². The Kier molecular flexibility index (Phi) is 4.30. The zero-order valence-electron chi connectivity index (χ0n) is 12.4. The Morgan fingerprint density at radius 2 is 2.17 bits per heavy atom. The molecule has 0 saturated carbocycles. The maximum atomic E-state index is 12.0. The summed E-state index contributed by atoms with van der Waals surface area (Å²) < 4.78 is 6.94. The largest absolute Gasteiger partial charge is 0.497 e. The van der Waals surface area contributed by atoms with E-state index in [2.05, 4.69) is 10.3 Å². The Balaban J connectivity index is 1.78. The summed E-state index contributed by atoms with van der Waals surface area (Å²) >= 11 is 6.12. The fourth-order valence-corrected chi connectivity index (χ4v) is 2.42. The lowest BCUT2D eigenvalue weighted by molar-refractivity contribution is -0.111. The molecule has 0 bridgehead atoms. The number of pyridine rings is 1. The Morgan fingerprint density at radius 3 is 3.00 bits per heavy atom. The molecule has 0 spiro atoms. The first-order chi connectivity index (χ1) is 11.2. The summed E-state index contributed by atoms with van der Waals surface area (Å²) in [5, 5.41) is 3.12. The highest BCUT2D eigenvalue weighted by Crippen LogP contribution is 2.19. The number of aromatic nitrogens is 2. The topological polar surface area (TPSA) is 55.6 Å². The molecule has 6 heteroatoms. The maximum Gasteiger partial charge on any atom is 0.248 e. The number of imidazole rings is 1. The number of anilines is 1. The van der Waals surface area contributed by atoms with Gasteiger partial charge in [-0.1, -0.05) is 23.7 Å². The van der Waals surface area contributed by atoms with Crippen LogP contribution in [-0.4, -0.2) is 22.4 Å². The maximum absolute atomic E-state index is 12.0. The van der Waals surface area contributed by atoms with E-state index < -0.39 is 0 Å². The molecular weight excluding hydrogens is 314 g/mol. The van der Waals surface area contributed by atoms with Crippen LogP contribution in [-0.2, 0) is 4.79 Å². The zero-order valence-corrected chi connectivity index (χ0v) is 13.1. The van der Waals surface area contributed by atoms with E-state index in [9.17, 15) is 4.79 Å². The normalized spacial score (nSPS) is 11.0. The highest BCUT2D eigenvalue weighted by atomic mass is 35.5. The molecule has 3 aromatic rings. The third-order valence-corrected chi connectivity index (χ3v) is 3.53. The number of carbonyl (C=O) groups excluding carboxylic acids is 1. The molecule has 0 unspecified atom stereocenters. The quantitative estimate of drug-likeness (QED) is 0.744. The van der Waals surface area contributed by atoms with Crippen LogP contribution in [0.3, 0.4) is 0 Å². The van der Waals surface area contributed by atoms with Crippen LogP contribution >= 0.6 is 11.6 Å². The van der Waals surface area contributed by atoms with Crippen LogP contribution in [0, 0.1) is 0 Å². The van der Waals surface area contributed by atoms with Gasteiger partial charge in [-0.15, -0.1) is 0 Å². The second-order valence-electron chi connectivity index (χ2n) is 4.77. The molecule has 0 atom stereocenters. The lowest BCUT2D eigenvalue weighted by Crippen LogP contribution is -2.07. The van der Waals surface area contributed by atoms with E-state index in [4.69, 9.17) is 16.3 Å². The molecule has 0 radical (unpaired) electrons. The van der Waals surface area contributed by atoms with Crippen molar-refractivity contribution in [2.45, 2.75) is 0 Å². The highest BCUT2D eigenvalue weighted by molar-refractivity contribution is 6.31. The number of carbonyl (C=O) groups is 1. The standard InChI is InChI=1S/C17H14ClN3O2/c1-23-13-6-4-5-12(11-13)19-16(22)9-8-14-17(18)20-15-7-2-3-10-21(14)15/h2-11H,1H3,(H,19,22). The van der Waals surface area contributed by atoms with Crippen LogP contribution in [0.2, 0.25) is 5.15 Å². The zero-order chi connectivity index (χ0) is 16.2. The van der Waals surface area contributed by atoms with Gasteiger partial charge < -0.3 is 10.1 Å². The number of ether oxygens (including phenoxy) is 1. The second-order valence-corrected chi connectivity index (χ2v) is 5.13. The van der Waals surface area contributed by atoms with Gasteiger partial charge in [0.2, 0.25) is 5.91 Å². The minimum Gasteiger partial charge on any atom is -0.497 e. The first-order valence-corrected chi connectivity index (χ1v) is 7.31. The van der Waals surface area contributed by atoms with E-state index in [1.54, 1.807) is 31.4 Å². The summed E-state index contributed by atoms with van der Waals surface area (Å²) in [6.45, 7) is 0. The number of nitrogens with one attached hydrogen (secondary N) is 1. The van der Waals surface area contributed by atoms with Gasteiger partial charge in [0, 0.05) is 24.0 Å². The molecule has 2 heterocycles. The number of nitrogens with zero attached hydrogens (tertiary/aromatic N) is 2. The van der Waals surface area contributed by atoms with Gasteiger partial charge in [0.1, 0.15) is 11.4 Å². The van der Waals surface area contributed by atoms with Crippen LogP contribution in [0.15, 0.2) is 54.7 Å². The number of amides is 1. The Hall–Kier alpha value is -2.79. The number of fused-ring (bicyclic) bond motifs is 1.